The Morgan fingerprint density at radius 2 is 1.74 bits per heavy atom. The average molecular weight is 371 g/mol. The van der Waals surface area contributed by atoms with E-state index >= 15 is 0 Å². The normalized spacial score (nSPS) is 15.2. The molecule has 0 saturated carbocycles. The Balaban J connectivity index is 1.60. The van der Waals surface area contributed by atoms with E-state index in [-0.39, 0.29) is 6.29 Å². The highest BCUT2D eigenvalue weighted by Gasteiger charge is 2.18. The predicted octanol–water partition coefficient (Wildman–Crippen LogP) is 4.55. The zero-order chi connectivity index (χ0) is 15.6. The molecule has 0 atom stereocenters. The first-order valence-corrected chi connectivity index (χ1v) is 8.24. The lowest BCUT2D eigenvalue weighted by Gasteiger charge is -2.09. The van der Waals surface area contributed by atoms with Crippen LogP contribution < -0.4 is 0 Å². The molecule has 5 heteroatoms. The Hall–Kier alpha value is -1.95. The number of aromatic amines is 1. The fraction of sp³-hybridized carbons (Fsp3) is 0.167. The van der Waals surface area contributed by atoms with E-state index in [1.807, 2.05) is 42.5 Å². The van der Waals surface area contributed by atoms with Crippen molar-refractivity contribution in [2.45, 2.75) is 6.29 Å². The Morgan fingerprint density at radius 3 is 2.48 bits per heavy atom. The van der Waals surface area contributed by atoms with Gasteiger partial charge in [-0.2, -0.15) is 5.10 Å². The van der Waals surface area contributed by atoms with E-state index in [9.17, 15) is 0 Å². The highest BCUT2D eigenvalue weighted by Crippen LogP contribution is 2.30. The third-order valence-electron chi connectivity index (χ3n) is 3.84. The van der Waals surface area contributed by atoms with E-state index in [1.54, 1.807) is 0 Å². The number of nitrogens with zero attached hydrogens (tertiary/aromatic N) is 1. The first-order chi connectivity index (χ1) is 11.3. The second-order valence-corrected chi connectivity index (χ2v) is 6.20. The van der Waals surface area contributed by atoms with Gasteiger partial charge in [-0.25, -0.2) is 0 Å². The molecule has 116 valence electrons. The van der Waals surface area contributed by atoms with Gasteiger partial charge in [0.15, 0.2) is 6.29 Å². The van der Waals surface area contributed by atoms with Crippen molar-refractivity contribution in [2.24, 2.45) is 0 Å². The van der Waals surface area contributed by atoms with E-state index in [1.165, 1.54) is 0 Å². The summed E-state index contributed by atoms with van der Waals surface area (Å²) >= 11 is 3.57. The monoisotopic (exact) mass is 370 g/mol. The summed E-state index contributed by atoms with van der Waals surface area (Å²) in [6, 6.07) is 18.3. The molecule has 23 heavy (non-hydrogen) atoms. The fourth-order valence-electron chi connectivity index (χ4n) is 2.65. The summed E-state index contributed by atoms with van der Waals surface area (Å²) in [5, 5.41) is 7.52. The topological polar surface area (TPSA) is 47.1 Å². The van der Waals surface area contributed by atoms with Gasteiger partial charge >= 0.3 is 0 Å². The molecule has 0 amide bonds. The lowest BCUT2D eigenvalue weighted by atomic mass is 10.1. The number of nitrogens with one attached hydrogen (secondary N) is 1. The van der Waals surface area contributed by atoms with Crippen LogP contribution in [0.25, 0.3) is 22.5 Å². The maximum atomic E-state index is 5.51. The summed E-state index contributed by atoms with van der Waals surface area (Å²) in [6.07, 6.45) is -0.237. The van der Waals surface area contributed by atoms with Crippen LogP contribution in [0.5, 0.6) is 0 Å². The van der Waals surface area contributed by atoms with E-state index in [2.05, 4.69) is 38.3 Å². The average Bonchev–Trinajstić information content (AvgIpc) is 3.27. The highest BCUT2D eigenvalue weighted by molar-refractivity contribution is 9.10. The van der Waals surface area contributed by atoms with Crippen LogP contribution in [0.2, 0.25) is 0 Å². The van der Waals surface area contributed by atoms with Crippen molar-refractivity contribution in [3.05, 3.63) is 64.6 Å². The molecule has 1 aliphatic heterocycles. The molecule has 0 spiro atoms. The van der Waals surface area contributed by atoms with Crippen LogP contribution in [-0.2, 0) is 9.47 Å². The van der Waals surface area contributed by atoms with Crippen molar-refractivity contribution < 1.29 is 9.47 Å². The molecule has 0 aliphatic carbocycles. The molecule has 1 fully saturated rings. The minimum absolute atomic E-state index is 0.237. The highest BCUT2D eigenvalue weighted by atomic mass is 79.9. The standard InChI is InChI=1S/C18H15BrN2O2/c19-15-4-2-1-3-14(15)17-11-16(20-21-17)12-5-7-13(8-6-12)18-22-9-10-23-18/h1-8,11,18H,9-10H2,(H,20,21). The maximum Gasteiger partial charge on any atom is 0.184 e. The number of aromatic nitrogens is 2. The molecule has 1 saturated heterocycles. The zero-order valence-corrected chi connectivity index (χ0v) is 13.9. The Morgan fingerprint density at radius 1 is 1.00 bits per heavy atom. The third-order valence-corrected chi connectivity index (χ3v) is 4.53. The minimum Gasteiger partial charge on any atom is -0.346 e. The van der Waals surface area contributed by atoms with Crippen LogP contribution in [-0.4, -0.2) is 23.4 Å². The van der Waals surface area contributed by atoms with Crippen molar-refractivity contribution in [3.8, 4) is 22.5 Å². The van der Waals surface area contributed by atoms with Crippen LogP contribution in [0.4, 0.5) is 0 Å². The van der Waals surface area contributed by atoms with Crippen LogP contribution in [0, 0.1) is 0 Å². The van der Waals surface area contributed by atoms with Crippen molar-refractivity contribution in [3.63, 3.8) is 0 Å². The van der Waals surface area contributed by atoms with E-state index < -0.39 is 0 Å². The van der Waals surface area contributed by atoms with Gasteiger partial charge in [0.05, 0.1) is 24.6 Å². The quantitative estimate of drug-likeness (QED) is 0.735. The van der Waals surface area contributed by atoms with Gasteiger partial charge in [0.25, 0.3) is 0 Å². The van der Waals surface area contributed by atoms with Gasteiger partial charge in [-0.3, -0.25) is 5.10 Å². The number of hydrogen-bond acceptors (Lipinski definition) is 3. The molecule has 0 radical (unpaired) electrons. The molecular weight excluding hydrogens is 356 g/mol. The smallest absolute Gasteiger partial charge is 0.184 e. The summed E-state index contributed by atoms with van der Waals surface area (Å²) in [7, 11) is 0. The number of hydrogen-bond donors (Lipinski definition) is 1. The van der Waals surface area contributed by atoms with E-state index in [0.29, 0.717) is 13.2 Å². The summed E-state index contributed by atoms with van der Waals surface area (Å²) < 4.78 is 12.1. The molecule has 3 aromatic rings. The first-order valence-electron chi connectivity index (χ1n) is 7.45. The molecular formula is C18H15BrN2O2. The largest absolute Gasteiger partial charge is 0.346 e. The van der Waals surface area contributed by atoms with Crippen LogP contribution in [0.1, 0.15) is 11.9 Å². The predicted molar refractivity (Wildman–Crippen MR) is 91.8 cm³/mol. The van der Waals surface area contributed by atoms with Gasteiger partial charge in [0, 0.05) is 21.2 Å². The summed E-state index contributed by atoms with van der Waals surface area (Å²) in [6.45, 7) is 1.31. The van der Waals surface area contributed by atoms with Gasteiger partial charge in [-0.05, 0) is 12.1 Å². The van der Waals surface area contributed by atoms with Crippen LogP contribution in [0.3, 0.4) is 0 Å². The second kappa shape index (κ2) is 6.28. The first kappa shape index (κ1) is 14.6. The Kier molecular flexibility index (Phi) is 3.99. The van der Waals surface area contributed by atoms with Gasteiger partial charge in [0.1, 0.15) is 0 Å². The number of halogens is 1. The summed E-state index contributed by atoms with van der Waals surface area (Å²) in [5.74, 6) is 0. The second-order valence-electron chi connectivity index (χ2n) is 5.34. The maximum absolute atomic E-state index is 5.51. The lowest BCUT2D eigenvalue weighted by Crippen LogP contribution is -1.97. The van der Waals surface area contributed by atoms with Gasteiger partial charge in [-0.1, -0.05) is 58.4 Å². The summed E-state index contributed by atoms with van der Waals surface area (Å²) in [4.78, 5) is 0. The number of rotatable bonds is 3. The number of benzene rings is 2. The van der Waals surface area contributed by atoms with Crippen molar-refractivity contribution in [1.82, 2.24) is 10.2 Å². The molecule has 2 heterocycles. The van der Waals surface area contributed by atoms with Crippen LogP contribution in [0.15, 0.2) is 59.1 Å². The molecule has 1 aromatic heterocycles. The van der Waals surface area contributed by atoms with Crippen LogP contribution >= 0.6 is 15.9 Å². The molecule has 4 nitrogen and oxygen atoms in total. The third kappa shape index (κ3) is 2.95. The van der Waals surface area contributed by atoms with Crippen molar-refractivity contribution in [1.29, 1.82) is 0 Å². The fourth-order valence-corrected chi connectivity index (χ4v) is 3.15. The molecule has 2 aromatic carbocycles. The molecule has 1 aliphatic rings. The summed E-state index contributed by atoms with van der Waals surface area (Å²) in [5.41, 5.74) is 5.08. The number of ether oxygens (including phenoxy) is 2. The zero-order valence-electron chi connectivity index (χ0n) is 12.3. The van der Waals surface area contributed by atoms with Gasteiger partial charge in [0.2, 0.25) is 0 Å². The molecule has 0 bridgehead atoms. The van der Waals surface area contributed by atoms with Gasteiger partial charge < -0.3 is 9.47 Å². The van der Waals surface area contributed by atoms with E-state index in [0.717, 1.165) is 32.6 Å². The minimum atomic E-state index is -0.237. The SMILES string of the molecule is Brc1ccccc1-c1cc(-c2ccc(C3OCCO3)cc2)n[nH]1. The Bertz CT molecular complexity index is 808. The molecule has 4 rings (SSSR count). The molecule has 1 N–H and O–H groups in total. The lowest BCUT2D eigenvalue weighted by molar-refractivity contribution is -0.0441. The number of H-pyrrole nitrogens is 1. The van der Waals surface area contributed by atoms with Crippen molar-refractivity contribution in [2.75, 3.05) is 13.2 Å². The van der Waals surface area contributed by atoms with Gasteiger partial charge in [-0.15, -0.1) is 0 Å². The Labute approximate surface area is 142 Å². The van der Waals surface area contributed by atoms with E-state index in [4.69, 9.17) is 9.47 Å². The molecule has 0 unspecified atom stereocenters. The van der Waals surface area contributed by atoms with Crippen molar-refractivity contribution >= 4 is 15.9 Å².